The van der Waals surface area contributed by atoms with Crippen LogP contribution in [0.2, 0.25) is 0 Å². The van der Waals surface area contributed by atoms with E-state index in [-0.39, 0.29) is 19.1 Å². The predicted octanol–water partition coefficient (Wildman–Crippen LogP) is 0.521. The largest absolute Gasteiger partial charge is 0.469 e. The summed E-state index contributed by atoms with van der Waals surface area (Å²) in [7, 11) is -0.837. The number of ether oxygens (including phenoxy) is 2. The van der Waals surface area contributed by atoms with Crippen LogP contribution >= 0.6 is 0 Å². The van der Waals surface area contributed by atoms with Gasteiger partial charge in [0, 0.05) is 26.7 Å². The summed E-state index contributed by atoms with van der Waals surface area (Å²) in [6, 6.07) is 0. The highest BCUT2D eigenvalue weighted by atomic mass is 32.2. The van der Waals surface area contributed by atoms with Gasteiger partial charge in [0.25, 0.3) is 10.2 Å². The number of rotatable bonds is 11. The molecule has 0 aliphatic rings. The van der Waals surface area contributed by atoms with Gasteiger partial charge in [0.2, 0.25) is 0 Å². The number of esters is 1. The van der Waals surface area contributed by atoms with Crippen molar-refractivity contribution in [2.24, 2.45) is 0 Å². The van der Waals surface area contributed by atoms with Crippen LogP contribution in [0.15, 0.2) is 0 Å². The number of methoxy groups -OCH3 is 1. The van der Waals surface area contributed by atoms with E-state index in [9.17, 15) is 13.2 Å². The fourth-order valence-electron chi connectivity index (χ4n) is 1.33. The van der Waals surface area contributed by atoms with E-state index in [1.165, 1.54) is 14.2 Å². The predicted molar refractivity (Wildman–Crippen MR) is 76.5 cm³/mol. The highest BCUT2D eigenvalue weighted by Gasteiger charge is 2.17. The second kappa shape index (κ2) is 10.1. The molecule has 0 saturated carbocycles. The zero-order valence-corrected chi connectivity index (χ0v) is 13.5. The number of unbranched alkanes of at least 4 members (excludes halogenated alkanes) is 1. The molecule has 0 radical (unpaired) electrons. The van der Waals surface area contributed by atoms with Crippen molar-refractivity contribution in [1.29, 1.82) is 0 Å². The normalized spacial score (nSPS) is 12.1. The monoisotopic (exact) mass is 310 g/mol. The van der Waals surface area contributed by atoms with Crippen LogP contribution in [0, 0.1) is 0 Å². The van der Waals surface area contributed by atoms with Crippen molar-refractivity contribution in [3.63, 3.8) is 0 Å². The first-order valence-corrected chi connectivity index (χ1v) is 8.13. The molecule has 0 spiro atoms. The van der Waals surface area contributed by atoms with Gasteiger partial charge in [-0.25, -0.2) is 4.72 Å². The maximum Gasteiger partial charge on any atom is 0.306 e. The zero-order chi connectivity index (χ0) is 15.6. The maximum absolute atomic E-state index is 11.8. The lowest BCUT2D eigenvalue weighted by Crippen LogP contribution is -2.39. The number of carbonyl (C=O) groups is 1. The van der Waals surface area contributed by atoms with E-state index >= 15 is 0 Å². The van der Waals surface area contributed by atoms with Crippen molar-refractivity contribution in [3.8, 4) is 0 Å². The number of nitrogens with zero attached hydrogens (tertiary/aromatic N) is 1. The number of hydrogen-bond donors (Lipinski definition) is 1. The molecular weight excluding hydrogens is 284 g/mol. The molecule has 0 aliphatic heterocycles. The van der Waals surface area contributed by atoms with Gasteiger partial charge in [-0.1, -0.05) is 0 Å². The quantitative estimate of drug-likeness (QED) is 0.444. The van der Waals surface area contributed by atoms with Crippen LogP contribution in [-0.4, -0.2) is 58.7 Å². The third kappa shape index (κ3) is 9.24. The Morgan fingerprint density at radius 2 is 1.95 bits per heavy atom. The number of hydrogen-bond acceptors (Lipinski definition) is 5. The fourth-order valence-corrected chi connectivity index (χ4v) is 2.28. The second-order valence-corrected chi connectivity index (χ2v) is 6.54. The van der Waals surface area contributed by atoms with Crippen molar-refractivity contribution < 1.29 is 22.7 Å². The van der Waals surface area contributed by atoms with E-state index in [1.54, 1.807) is 0 Å². The molecule has 0 aliphatic carbocycles. The molecule has 0 aromatic rings. The Bertz CT molecular complexity index is 370. The van der Waals surface area contributed by atoms with Gasteiger partial charge >= 0.3 is 5.97 Å². The highest BCUT2D eigenvalue weighted by Crippen LogP contribution is 1.99. The van der Waals surface area contributed by atoms with E-state index in [1.807, 2.05) is 13.8 Å². The lowest BCUT2D eigenvalue weighted by atomic mass is 10.3. The minimum absolute atomic E-state index is 0.0378. The lowest BCUT2D eigenvalue weighted by Gasteiger charge is -2.17. The Morgan fingerprint density at radius 3 is 2.50 bits per heavy atom. The van der Waals surface area contributed by atoms with Crippen molar-refractivity contribution in [3.05, 3.63) is 0 Å². The molecule has 0 aromatic carbocycles. The summed E-state index contributed by atoms with van der Waals surface area (Å²) >= 11 is 0. The van der Waals surface area contributed by atoms with Gasteiger partial charge < -0.3 is 9.47 Å². The van der Waals surface area contributed by atoms with Crippen LogP contribution in [0.25, 0.3) is 0 Å². The topological polar surface area (TPSA) is 84.9 Å². The van der Waals surface area contributed by atoms with Crippen molar-refractivity contribution in [2.45, 2.75) is 39.2 Å². The van der Waals surface area contributed by atoms with Gasteiger partial charge in [-0.2, -0.15) is 12.7 Å². The van der Waals surface area contributed by atoms with Crippen molar-refractivity contribution in [1.82, 2.24) is 9.03 Å². The van der Waals surface area contributed by atoms with E-state index in [0.29, 0.717) is 19.6 Å². The fraction of sp³-hybridized carbons (Fsp3) is 0.917. The van der Waals surface area contributed by atoms with Crippen molar-refractivity contribution >= 4 is 16.2 Å². The minimum Gasteiger partial charge on any atom is -0.469 e. The highest BCUT2D eigenvalue weighted by molar-refractivity contribution is 7.87. The van der Waals surface area contributed by atoms with Crippen LogP contribution in [0.1, 0.15) is 33.1 Å². The molecule has 1 N–H and O–H groups in total. The Hall–Kier alpha value is -0.700. The Balaban J connectivity index is 3.85. The summed E-state index contributed by atoms with van der Waals surface area (Å²) in [4.78, 5) is 11.0. The van der Waals surface area contributed by atoms with Gasteiger partial charge in [0.1, 0.15) is 0 Å². The molecule has 8 heteroatoms. The smallest absolute Gasteiger partial charge is 0.306 e. The minimum atomic E-state index is -3.53. The van der Waals surface area contributed by atoms with Gasteiger partial charge in [0.15, 0.2) is 0 Å². The Labute approximate surface area is 121 Å². The van der Waals surface area contributed by atoms with Gasteiger partial charge in [-0.05, 0) is 26.7 Å². The molecular formula is C12H26N2O5S. The van der Waals surface area contributed by atoms with Gasteiger partial charge in [0.05, 0.1) is 19.6 Å². The van der Waals surface area contributed by atoms with Gasteiger partial charge in [-0.15, -0.1) is 0 Å². The van der Waals surface area contributed by atoms with E-state index < -0.39 is 16.2 Å². The molecule has 0 unspecified atom stereocenters. The molecule has 20 heavy (non-hydrogen) atoms. The summed E-state index contributed by atoms with van der Waals surface area (Å²) in [5.74, 6) is -0.433. The summed E-state index contributed by atoms with van der Waals surface area (Å²) in [6.45, 7) is 4.99. The Morgan fingerprint density at radius 1 is 1.30 bits per heavy atom. The maximum atomic E-state index is 11.8. The third-order valence-electron chi connectivity index (χ3n) is 2.58. The summed E-state index contributed by atoms with van der Waals surface area (Å²) in [5, 5.41) is 0. The third-order valence-corrected chi connectivity index (χ3v) is 4.15. The SMILES string of the molecule is COC(=O)CCN(C)S(=O)(=O)NCCCCOC(C)C. The number of carbonyl (C=O) groups excluding carboxylic acids is 1. The van der Waals surface area contributed by atoms with E-state index in [4.69, 9.17) is 4.74 Å². The molecule has 0 bridgehead atoms. The summed E-state index contributed by atoms with van der Waals surface area (Å²) < 4.78 is 37.0. The lowest BCUT2D eigenvalue weighted by molar-refractivity contribution is -0.140. The number of nitrogens with one attached hydrogen (secondary N) is 1. The van der Waals surface area contributed by atoms with E-state index in [2.05, 4.69) is 9.46 Å². The van der Waals surface area contributed by atoms with E-state index in [0.717, 1.165) is 10.7 Å². The second-order valence-electron chi connectivity index (χ2n) is 4.67. The molecule has 0 atom stereocenters. The molecule has 0 aromatic heterocycles. The molecule has 0 rings (SSSR count). The first-order chi connectivity index (χ1) is 9.29. The molecule has 0 amide bonds. The Kier molecular flexibility index (Phi) is 9.74. The summed E-state index contributed by atoms with van der Waals surface area (Å²) in [6.07, 6.45) is 1.73. The average molecular weight is 310 g/mol. The van der Waals surface area contributed by atoms with Crippen LogP contribution in [0.5, 0.6) is 0 Å². The van der Waals surface area contributed by atoms with Crippen LogP contribution in [0.3, 0.4) is 0 Å². The van der Waals surface area contributed by atoms with Crippen LogP contribution in [-0.2, 0) is 24.5 Å². The molecule has 0 fully saturated rings. The first kappa shape index (κ1) is 19.3. The van der Waals surface area contributed by atoms with Crippen LogP contribution < -0.4 is 4.72 Å². The van der Waals surface area contributed by atoms with Crippen molar-refractivity contribution in [2.75, 3.05) is 33.9 Å². The standard InChI is InChI=1S/C12H26N2O5S/c1-11(2)19-10-6-5-8-13-20(16,17)14(3)9-7-12(15)18-4/h11,13H,5-10H2,1-4H3. The molecule has 0 heterocycles. The molecule has 120 valence electrons. The zero-order valence-electron chi connectivity index (χ0n) is 12.7. The molecule has 0 saturated heterocycles. The first-order valence-electron chi connectivity index (χ1n) is 6.69. The van der Waals surface area contributed by atoms with Gasteiger partial charge in [-0.3, -0.25) is 4.79 Å². The average Bonchev–Trinajstić information content (AvgIpc) is 2.38. The summed E-state index contributed by atoms with van der Waals surface area (Å²) in [5.41, 5.74) is 0. The van der Waals surface area contributed by atoms with Crippen LogP contribution in [0.4, 0.5) is 0 Å². The molecule has 7 nitrogen and oxygen atoms in total.